The molecule has 1 fully saturated rings. The van der Waals surface area contributed by atoms with E-state index in [-0.39, 0.29) is 34.7 Å². The number of carbonyl (C=O) groups is 1. The summed E-state index contributed by atoms with van der Waals surface area (Å²) in [6.45, 7) is 1.49. The van der Waals surface area contributed by atoms with Crippen LogP contribution in [0.3, 0.4) is 0 Å². The van der Waals surface area contributed by atoms with Crippen molar-refractivity contribution in [1.29, 1.82) is 0 Å². The van der Waals surface area contributed by atoms with Crippen molar-refractivity contribution in [3.05, 3.63) is 29.1 Å². The molecular weight excluding hydrogens is 273 g/mol. The highest BCUT2D eigenvalue weighted by atomic mass is 32.2. The van der Waals surface area contributed by atoms with Crippen LogP contribution in [0.15, 0.2) is 12.1 Å². The number of esters is 1. The smallest absolute Gasteiger partial charge is 0.341 e. The molecule has 0 saturated carbocycles. The van der Waals surface area contributed by atoms with Gasteiger partial charge in [-0.25, -0.2) is 17.6 Å². The molecule has 1 atom stereocenters. The van der Waals surface area contributed by atoms with E-state index in [2.05, 4.69) is 0 Å². The van der Waals surface area contributed by atoms with Crippen LogP contribution in [0.2, 0.25) is 0 Å². The number of nitrogens with two attached hydrogens (primary N) is 1. The van der Waals surface area contributed by atoms with E-state index in [9.17, 15) is 17.6 Å². The second-order valence-corrected chi connectivity index (χ2v) is 6.86. The summed E-state index contributed by atoms with van der Waals surface area (Å²) in [6, 6.07) is 2.60. The van der Waals surface area contributed by atoms with E-state index in [4.69, 9.17) is 10.5 Å². The van der Waals surface area contributed by atoms with Crippen molar-refractivity contribution >= 4 is 21.5 Å². The average molecular weight is 287 g/mol. The Labute approximate surface area is 110 Å². The molecule has 104 valence electrons. The molecule has 0 spiro atoms. The third kappa shape index (κ3) is 3.04. The molecule has 1 saturated heterocycles. The maximum atomic E-state index is 13.8. The normalized spacial score (nSPS) is 21.3. The summed E-state index contributed by atoms with van der Waals surface area (Å²) in [4.78, 5) is 11.8. The number of rotatable bonds is 2. The molecule has 0 aliphatic carbocycles. The fourth-order valence-electron chi connectivity index (χ4n) is 2.01. The summed E-state index contributed by atoms with van der Waals surface area (Å²) in [6.07, 6.45) is -0.463. The molecule has 2 N–H and O–H groups in total. The standard InChI is InChI=1S/C12H14FNO4S/c1-7-4-8(14)5-10(11(7)13)12(15)18-9-2-3-19(16,17)6-9/h4-5,9H,2-3,6,14H2,1H3. The number of sulfone groups is 1. The van der Waals surface area contributed by atoms with Gasteiger partial charge in [0.15, 0.2) is 9.84 Å². The van der Waals surface area contributed by atoms with Crippen molar-refractivity contribution in [2.45, 2.75) is 19.4 Å². The van der Waals surface area contributed by atoms with Crippen molar-refractivity contribution in [1.82, 2.24) is 0 Å². The van der Waals surface area contributed by atoms with Gasteiger partial charge in [0.05, 0.1) is 17.1 Å². The number of hydrogen-bond acceptors (Lipinski definition) is 5. The van der Waals surface area contributed by atoms with Crippen LogP contribution in [0.1, 0.15) is 22.3 Å². The molecule has 0 amide bonds. The van der Waals surface area contributed by atoms with Gasteiger partial charge in [0, 0.05) is 5.69 Å². The molecule has 1 aromatic rings. The Balaban J connectivity index is 2.17. The third-order valence-electron chi connectivity index (χ3n) is 2.96. The van der Waals surface area contributed by atoms with Crippen molar-refractivity contribution in [2.75, 3.05) is 17.2 Å². The molecule has 7 heteroatoms. The predicted octanol–water partition coefficient (Wildman–Crippen LogP) is 1.06. The zero-order valence-electron chi connectivity index (χ0n) is 10.3. The van der Waals surface area contributed by atoms with Gasteiger partial charge in [-0.05, 0) is 31.0 Å². The number of ether oxygens (including phenoxy) is 1. The van der Waals surface area contributed by atoms with Crippen molar-refractivity contribution in [3.63, 3.8) is 0 Å². The third-order valence-corrected chi connectivity index (χ3v) is 4.70. The first kappa shape index (κ1) is 13.8. The molecule has 2 rings (SSSR count). The minimum absolute atomic E-state index is 0.0105. The van der Waals surface area contributed by atoms with Crippen molar-refractivity contribution in [3.8, 4) is 0 Å². The lowest BCUT2D eigenvalue weighted by Gasteiger charge is -2.12. The van der Waals surface area contributed by atoms with Gasteiger partial charge in [-0.1, -0.05) is 0 Å². The molecule has 1 unspecified atom stereocenters. The van der Waals surface area contributed by atoms with Gasteiger partial charge in [-0.15, -0.1) is 0 Å². The van der Waals surface area contributed by atoms with Gasteiger partial charge in [-0.3, -0.25) is 0 Å². The zero-order valence-corrected chi connectivity index (χ0v) is 11.2. The fourth-order valence-corrected chi connectivity index (χ4v) is 3.60. The second-order valence-electron chi connectivity index (χ2n) is 4.63. The monoisotopic (exact) mass is 287 g/mol. The summed E-state index contributed by atoms with van der Waals surface area (Å²) in [5.74, 6) is -1.79. The number of benzene rings is 1. The summed E-state index contributed by atoms with van der Waals surface area (Å²) in [5.41, 5.74) is 5.78. The largest absolute Gasteiger partial charge is 0.458 e. The van der Waals surface area contributed by atoms with Gasteiger partial charge < -0.3 is 10.5 Å². The zero-order chi connectivity index (χ0) is 14.2. The Morgan fingerprint density at radius 1 is 1.47 bits per heavy atom. The highest BCUT2D eigenvalue weighted by Gasteiger charge is 2.31. The Hall–Kier alpha value is -1.63. The van der Waals surface area contributed by atoms with Crippen LogP contribution in [0.4, 0.5) is 10.1 Å². The number of carbonyl (C=O) groups excluding carboxylic acids is 1. The first-order valence-electron chi connectivity index (χ1n) is 5.75. The minimum Gasteiger partial charge on any atom is -0.458 e. The Bertz CT molecular complexity index is 627. The lowest BCUT2D eigenvalue weighted by atomic mass is 10.1. The highest BCUT2D eigenvalue weighted by molar-refractivity contribution is 7.91. The molecule has 0 radical (unpaired) electrons. The SMILES string of the molecule is Cc1cc(N)cc(C(=O)OC2CCS(=O)(=O)C2)c1F. The molecule has 1 heterocycles. The molecule has 1 aliphatic rings. The molecule has 5 nitrogen and oxygen atoms in total. The molecular formula is C12H14FNO4S. The first-order valence-corrected chi connectivity index (χ1v) is 7.57. The van der Waals surface area contributed by atoms with Gasteiger partial charge in [0.2, 0.25) is 0 Å². The number of anilines is 1. The molecule has 19 heavy (non-hydrogen) atoms. The topological polar surface area (TPSA) is 86.5 Å². The van der Waals surface area contributed by atoms with Crippen LogP contribution in [0.25, 0.3) is 0 Å². The van der Waals surface area contributed by atoms with E-state index in [1.54, 1.807) is 0 Å². The first-order chi connectivity index (χ1) is 8.78. The van der Waals surface area contributed by atoms with Crippen LogP contribution in [0.5, 0.6) is 0 Å². The van der Waals surface area contributed by atoms with Crippen LogP contribution >= 0.6 is 0 Å². The van der Waals surface area contributed by atoms with Crippen LogP contribution in [0, 0.1) is 12.7 Å². The Morgan fingerprint density at radius 2 is 2.16 bits per heavy atom. The minimum atomic E-state index is -3.15. The van der Waals surface area contributed by atoms with E-state index in [1.165, 1.54) is 19.1 Å². The second kappa shape index (κ2) is 4.80. The maximum Gasteiger partial charge on any atom is 0.341 e. The lowest BCUT2D eigenvalue weighted by molar-refractivity contribution is 0.0351. The van der Waals surface area contributed by atoms with Gasteiger partial charge >= 0.3 is 5.97 Å². The number of aryl methyl sites for hydroxylation is 1. The predicted molar refractivity (Wildman–Crippen MR) is 68.0 cm³/mol. The quantitative estimate of drug-likeness (QED) is 0.649. The fraction of sp³-hybridized carbons (Fsp3) is 0.417. The van der Waals surface area contributed by atoms with Gasteiger partial charge in [-0.2, -0.15) is 0 Å². The molecule has 1 aromatic carbocycles. The Morgan fingerprint density at radius 3 is 2.74 bits per heavy atom. The number of nitrogen functional groups attached to an aromatic ring is 1. The van der Waals surface area contributed by atoms with Crippen molar-refractivity contribution < 1.29 is 22.3 Å². The summed E-state index contributed by atoms with van der Waals surface area (Å²) >= 11 is 0. The molecule has 0 aromatic heterocycles. The molecule has 0 bridgehead atoms. The number of hydrogen-bond donors (Lipinski definition) is 1. The van der Waals surface area contributed by atoms with Gasteiger partial charge in [0.1, 0.15) is 11.9 Å². The summed E-state index contributed by atoms with van der Waals surface area (Å²) < 4.78 is 41.3. The van der Waals surface area contributed by atoms with E-state index in [1.807, 2.05) is 0 Å². The van der Waals surface area contributed by atoms with E-state index < -0.39 is 27.7 Å². The number of halogens is 1. The van der Waals surface area contributed by atoms with E-state index in [0.717, 1.165) is 0 Å². The molecule has 1 aliphatic heterocycles. The van der Waals surface area contributed by atoms with E-state index >= 15 is 0 Å². The van der Waals surface area contributed by atoms with Crippen LogP contribution in [-0.2, 0) is 14.6 Å². The lowest BCUT2D eigenvalue weighted by Crippen LogP contribution is -2.20. The summed E-state index contributed by atoms with van der Waals surface area (Å²) in [7, 11) is -3.15. The van der Waals surface area contributed by atoms with E-state index in [0.29, 0.717) is 0 Å². The van der Waals surface area contributed by atoms with Gasteiger partial charge in [0.25, 0.3) is 0 Å². The average Bonchev–Trinajstić information content (AvgIpc) is 2.63. The van der Waals surface area contributed by atoms with Crippen LogP contribution < -0.4 is 5.73 Å². The highest BCUT2D eigenvalue weighted by Crippen LogP contribution is 2.21. The van der Waals surface area contributed by atoms with Crippen molar-refractivity contribution in [2.24, 2.45) is 0 Å². The maximum absolute atomic E-state index is 13.8. The summed E-state index contributed by atoms with van der Waals surface area (Å²) in [5, 5.41) is 0. The Kier molecular flexibility index (Phi) is 3.49. The van der Waals surface area contributed by atoms with Crippen LogP contribution in [-0.4, -0.2) is 32.0 Å².